The first-order valence-corrected chi connectivity index (χ1v) is 7.38. The molecule has 5 nitrogen and oxygen atoms in total. The number of benzene rings is 2. The van der Waals surface area contributed by atoms with Crippen molar-refractivity contribution < 1.29 is 9.59 Å². The summed E-state index contributed by atoms with van der Waals surface area (Å²) in [4.78, 5) is 23.4. The number of halogens is 2. The number of anilines is 1. The average Bonchev–Trinajstić information content (AvgIpc) is 2.52. The minimum atomic E-state index is -0.898. The van der Waals surface area contributed by atoms with E-state index >= 15 is 0 Å². The average molecular weight is 350 g/mol. The molecule has 0 aliphatic carbocycles. The quantitative estimate of drug-likeness (QED) is 0.506. The molecule has 2 aromatic rings. The van der Waals surface area contributed by atoms with Crippen molar-refractivity contribution in [3.63, 3.8) is 0 Å². The van der Waals surface area contributed by atoms with Gasteiger partial charge in [-0.2, -0.15) is 5.10 Å². The maximum Gasteiger partial charge on any atom is 0.329 e. The van der Waals surface area contributed by atoms with Gasteiger partial charge in [-0.05, 0) is 30.7 Å². The van der Waals surface area contributed by atoms with Crippen LogP contribution in [-0.4, -0.2) is 18.0 Å². The highest BCUT2D eigenvalue weighted by Crippen LogP contribution is 2.19. The van der Waals surface area contributed by atoms with E-state index in [4.69, 9.17) is 23.2 Å². The molecular formula is C16H13Cl2N3O2. The van der Waals surface area contributed by atoms with E-state index in [9.17, 15) is 9.59 Å². The van der Waals surface area contributed by atoms with E-state index in [2.05, 4.69) is 15.8 Å². The Labute approximate surface area is 143 Å². The number of hydrogen-bond acceptors (Lipinski definition) is 3. The summed E-state index contributed by atoms with van der Waals surface area (Å²) in [6, 6.07) is 11.9. The maximum atomic E-state index is 11.8. The lowest BCUT2D eigenvalue weighted by molar-refractivity contribution is -0.136. The summed E-state index contributed by atoms with van der Waals surface area (Å²) in [6.45, 7) is 1.84. The minimum absolute atomic E-state index is 0.427. The van der Waals surface area contributed by atoms with Crippen molar-refractivity contribution in [2.75, 3.05) is 5.32 Å². The fraction of sp³-hybridized carbons (Fsp3) is 0.0625. The summed E-state index contributed by atoms with van der Waals surface area (Å²) in [5, 5.41) is 7.13. The largest absolute Gasteiger partial charge is 0.329 e. The van der Waals surface area contributed by atoms with Crippen molar-refractivity contribution in [3.8, 4) is 0 Å². The molecule has 0 saturated heterocycles. The van der Waals surface area contributed by atoms with Crippen molar-refractivity contribution in [2.24, 2.45) is 5.10 Å². The molecule has 2 amide bonds. The Hall–Kier alpha value is -2.37. The minimum Gasteiger partial charge on any atom is -0.318 e. The number of hydrogen-bond donors (Lipinski definition) is 2. The Kier molecular flexibility index (Phi) is 5.73. The Bertz CT molecular complexity index is 776. The smallest absolute Gasteiger partial charge is 0.318 e. The number of aryl methyl sites for hydroxylation is 1. The van der Waals surface area contributed by atoms with Crippen LogP contribution in [0.3, 0.4) is 0 Å². The summed E-state index contributed by atoms with van der Waals surface area (Å²) in [7, 11) is 0. The molecule has 0 aromatic heterocycles. The SMILES string of the molecule is Cc1ccc(NC(=O)C(=O)N/N=C/c2ccccc2Cl)cc1Cl. The third-order valence-electron chi connectivity index (χ3n) is 2.91. The zero-order chi connectivity index (χ0) is 16.8. The van der Waals surface area contributed by atoms with E-state index in [1.54, 1.807) is 42.5 Å². The molecule has 23 heavy (non-hydrogen) atoms. The van der Waals surface area contributed by atoms with Crippen LogP contribution in [0, 0.1) is 6.92 Å². The summed E-state index contributed by atoms with van der Waals surface area (Å²) >= 11 is 11.9. The van der Waals surface area contributed by atoms with Crippen LogP contribution in [0.25, 0.3) is 0 Å². The van der Waals surface area contributed by atoms with Gasteiger partial charge in [0.1, 0.15) is 0 Å². The molecule has 0 aliphatic heterocycles. The van der Waals surface area contributed by atoms with Crippen LogP contribution in [0.5, 0.6) is 0 Å². The first-order chi connectivity index (χ1) is 11.0. The van der Waals surface area contributed by atoms with Crippen molar-refractivity contribution in [1.29, 1.82) is 0 Å². The zero-order valence-electron chi connectivity index (χ0n) is 12.1. The topological polar surface area (TPSA) is 70.6 Å². The predicted octanol–water partition coefficient (Wildman–Crippen LogP) is 3.39. The molecule has 0 saturated carbocycles. The van der Waals surface area contributed by atoms with E-state index in [0.717, 1.165) is 5.56 Å². The second kappa shape index (κ2) is 7.76. The molecule has 0 spiro atoms. The number of nitrogens with zero attached hydrogens (tertiary/aromatic N) is 1. The number of nitrogens with one attached hydrogen (secondary N) is 2. The van der Waals surface area contributed by atoms with Crippen molar-refractivity contribution in [1.82, 2.24) is 5.43 Å². The normalized spacial score (nSPS) is 10.6. The van der Waals surface area contributed by atoms with Crippen LogP contribution in [0.1, 0.15) is 11.1 Å². The molecule has 2 N–H and O–H groups in total. The Morgan fingerprint density at radius 1 is 1.04 bits per heavy atom. The van der Waals surface area contributed by atoms with Crippen molar-refractivity contribution in [3.05, 3.63) is 63.6 Å². The molecule has 0 atom stereocenters. The first kappa shape index (κ1) is 17.0. The number of amides is 2. The van der Waals surface area contributed by atoms with E-state index in [0.29, 0.717) is 21.3 Å². The third-order valence-corrected chi connectivity index (χ3v) is 3.66. The molecule has 0 heterocycles. The predicted molar refractivity (Wildman–Crippen MR) is 92.0 cm³/mol. The number of carbonyl (C=O) groups is 2. The van der Waals surface area contributed by atoms with E-state index in [1.807, 2.05) is 6.92 Å². The fourth-order valence-electron chi connectivity index (χ4n) is 1.65. The summed E-state index contributed by atoms with van der Waals surface area (Å²) < 4.78 is 0. The van der Waals surface area contributed by atoms with Crippen LogP contribution in [0.4, 0.5) is 5.69 Å². The van der Waals surface area contributed by atoms with Crippen LogP contribution in [-0.2, 0) is 9.59 Å². The molecule has 0 bridgehead atoms. The monoisotopic (exact) mass is 349 g/mol. The van der Waals surface area contributed by atoms with E-state index in [1.165, 1.54) is 6.21 Å². The highest BCUT2D eigenvalue weighted by atomic mass is 35.5. The fourth-order valence-corrected chi connectivity index (χ4v) is 2.01. The van der Waals surface area contributed by atoms with Crippen LogP contribution in [0.15, 0.2) is 47.6 Å². The van der Waals surface area contributed by atoms with Gasteiger partial charge >= 0.3 is 11.8 Å². The number of rotatable bonds is 3. The molecule has 118 valence electrons. The van der Waals surface area contributed by atoms with Gasteiger partial charge in [0, 0.05) is 21.3 Å². The molecule has 2 rings (SSSR count). The molecule has 7 heteroatoms. The molecule has 2 aromatic carbocycles. The van der Waals surface area contributed by atoms with Gasteiger partial charge in [-0.1, -0.05) is 47.5 Å². The highest BCUT2D eigenvalue weighted by Gasteiger charge is 2.13. The zero-order valence-corrected chi connectivity index (χ0v) is 13.7. The van der Waals surface area contributed by atoms with Crippen LogP contribution < -0.4 is 10.7 Å². The van der Waals surface area contributed by atoms with Crippen molar-refractivity contribution >= 4 is 46.9 Å². The molecule has 0 aliphatic rings. The lowest BCUT2D eigenvalue weighted by Crippen LogP contribution is -2.32. The number of carbonyl (C=O) groups excluding carboxylic acids is 2. The second-order valence-corrected chi connectivity index (χ2v) is 5.45. The molecule has 0 fully saturated rings. The molecule has 0 unspecified atom stereocenters. The van der Waals surface area contributed by atoms with Gasteiger partial charge in [-0.15, -0.1) is 0 Å². The van der Waals surface area contributed by atoms with Crippen molar-refractivity contribution in [2.45, 2.75) is 6.92 Å². The van der Waals surface area contributed by atoms with Gasteiger partial charge in [0.15, 0.2) is 0 Å². The first-order valence-electron chi connectivity index (χ1n) is 6.62. The van der Waals surface area contributed by atoms with Crippen LogP contribution in [0.2, 0.25) is 10.0 Å². The Morgan fingerprint density at radius 3 is 2.48 bits per heavy atom. The lowest BCUT2D eigenvalue weighted by Gasteiger charge is -2.05. The Morgan fingerprint density at radius 2 is 1.78 bits per heavy atom. The van der Waals surface area contributed by atoms with Gasteiger partial charge in [-0.3, -0.25) is 9.59 Å². The van der Waals surface area contributed by atoms with Gasteiger partial charge < -0.3 is 5.32 Å². The molecule has 0 radical (unpaired) electrons. The number of hydrazone groups is 1. The summed E-state index contributed by atoms with van der Waals surface area (Å²) in [5.74, 6) is -1.74. The highest BCUT2D eigenvalue weighted by molar-refractivity contribution is 6.40. The summed E-state index contributed by atoms with van der Waals surface area (Å²) in [6.07, 6.45) is 1.36. The summed E-state index contributed by atoms with van der Waals surface area (Å²) in [5.41, 5.74) is 4.06. The van der Waals surface area contributed by atoms with Gasteiger partial charge in [0.2, 0.25) is 0 Å². The second-order valence-electron chi connectivity index (χ2n) is 4.64. The third kappa shape index (κ3) is 4.81. The van der Waals surface area contributed by atoms with Crippen LogP contribution >= 0.6 is 23.2 Å². The maximum absolute atomic E-state index is 11.8. The van der Waals surface area contributed by atoms with E-state index in [-0.39, 0.29) is 0 Å². The van der Waals surface area contributed by atoms with E-state index < -0.39 is 11.8 Å². The van der Waals surface area contributed by atoms with Gasteiger partial charge in [-0.25, -0.2) is 5.43 Å². The lowest BCUT2D eigenvalue weighted by atomic mass is 10.2. The standard InChI is InChI=1S/C16H13Cl2N3O2/c1-10-6-7-12(8-14(10)18)20-15(22)16(23)21-19-9-11-4-2-3-5-13(11)17/h2-9H,1H3,(H,20,22)(H,21,23)/b19-9+. The van der Waals surface area contributed by atoms with Gasteiger partial charge in [0.25, 0.3) is 0 Å². The Balaban J connectivity index is 1.94. The van der Waals surface area contributed by atoms with Gasteiger partial charge in [0.05, 0.1) is 6.21 Å². The molecular weight excluding hydrogens is 337 g/mol.